The molecule has 1 aromatic heterocycles. The number of benzene rings is 1. The molecule has 2 aromatic rings. The van der Waals surface area contributed by atoms with E-state index in [0.717, 1.165) is 34.2 Å². The molecule has 2 unspecified atom stereocenters. The first-order valence-electron chi connectivity index (χ1n) is 8.25. The largest absolute Gasteiger partial charge is 0.435 e. The van der Waals surface area contributed by atoms with E-state index in [2.05, 4.69) is 5.10 Å². The van der Waals surface area contributed by atoms with Crippen LogP contribution in [0, 0.1) is 0 Å². The number of alkyl halides is 3. The summed E-state index contributed by atoms with van der Waals surface area (Å²) in [6, 6.07) is 5.35. The molecule has 2 atom stereocenters. The topological polar surface area (TPSA) is 60.9 Å². The van der Waals surface area contributed by atoms with Crippen LogP contribution < -0.4 is 5.73 Å². The highest BCUT2D eigenvalue weighted by Gasteiger charge is 2.46. The van der Waals surface area contributed by atoms with Gasteiger partial charge >= 0.3 is 6.18 Å². The van der Waals surface area contributed by atoms with Gasteiger partial charge in [0.05, 0.1) is 11.3 Å². The molecule has 1 saturated carbocycles. The summed E-state index contributed by atoms with van der Waals surface area (Å²) in [5.74, 6) is -1.21. The van der Waals surface area contributed by atoms with Crippen molar-refractivity contribution in [2.24, 2.45) is 12.8 Å². The van der Waals surface area contributed by atoms with Crippen molar-refractivity contribution in [3.63, 3.8) is 0 Å². The van der Waals surface area contributed by atoms with E-state index in [0.29, 0.717) is 5.56 Å². The molecule has 0 spiro atoms. The molecule has 4 nitrogen and oxygen atoms in total. The Morgan fingerprint density at radius 3 is 2.52 bits per heavy atom. The van der Waals surface area contributed by atoms with Gasteiger partial charge < -0.3 is 5.73 Å². The maximum absolute atomic E-state index is 13.4. The molecule has 1 heterocycles. The zero-order valence-corrected chi connectivity index (χ0v) is 15.6. The average Bonchev–Trinajstić information content (AvgIpc) is 3.23. The quantitative estimate of drug-likeness (QED) is 0.760. The number of hydrogen-bond acceptors (Lipinski definition) is 2. The molecule has 2 N–H and O–H groups in total. The van der Waals surface area contributed by atoms with Crippen LogP contribution >= 0.6 is 23.2 Å². The minimum absolute atomic E-state index is 0.0438. The smallest absolute Gasteiger partial charge is 0.365 e. The zero-order valence-electron chi connectivity index (χ0n) is 14.1. The van der Waals surface area contributed by atoms with Gasteiger partial charge in [0.25, 0.3) is 5.91 Å². The SMILES string of the molecule is Cn1nc(C(F)(F)F)c(C(N)=O)c1-c1cccc2c1C1CCC2C1=C(Cl)Cl. The number of fused-ring (bicyclic) bond motifs is 5. The summed E-state index contributed by atoms with van der Waals surface area (Å²) >= 11 is 12.2. The molecular weight excluding hydrogens is 402 g/mol. The maximum Gasteiger partial charge on any atom is 0.435 e. The summed E-state index contributed by atoms with van der Waals surface area (Å²) in [6.45, 7) is 0. The van der Waals surface area contributed by atoms with Gasteiger partial charge in [-0.15, -0.1) is 0 Å². The number of allylic oxidation sites excluding steroid dienone is 1. The molecule has 2 aliphatic carbocycles. The van der Waals surface area contributed by atoms with E-state index in [1.54, 1.807) is 12.1 Å². The van der Waals surface area contributed by atoms with Gasteiger partial charge in [-0.1, -0.05) is 41.4 Å². The molecule has 1 fully saturated rings. The summed E-state index contributed by atoms with van der Waals surface area (Å²) in [5, 5.41) is 3.55. The summed E-state index contributed by atoms with van der Waals surface area (Å²) in [5.41, 5.74) is 6.69. The van der Waals surface area contributed by atoms with Gasteiger partial charge in [0, 0.05) is 24.4 Å². The lowest BCUT2D eigenvalue weighted by molar-refractivity contribution is -0.141. The minimum Gasteiger partial charge on any atom is -0.365 e. The molecule has 0 radical (unpaired) electrons. The van der Waals surface area contributed by atoms with Crippen LogP contribution in [0.2, 0.25) is 0 Å². The van der Waals surface area contributed by atoms with Crippen molar-refractivity contribution in [3.8, 4) is 11.3 Å². The summed E-state index contributed by atoms with van der Waals surface area (Å²) in [4.78, 5) is 11.9. The Morgan fingerprint density at radius 1 is 1.26 bits per heavy atom. The molecule has 1 amide bonds. The Balaban J connectivity index is 2.01. The molecule has 1 aromatic carbocycles. The fourth-order valence-corrected chi connectivity index (χ4v) is 5.05. The van der Waals surface area contributed by atoms with Crippen molar-refractivity contribution in [2.75, 3.05) is 0 Å². The van der Waals surface area contributed by atoms with E-state index < -0.39 is 23.3 Å². The molecule has 0 aliphatic heterocycles. The van der Waals surface area contributed by atoms with Gasteiger partial charge in [-0.25, -0.2) is 0 Å². The summed E-state index contributed by atoms with van der Waals surface area (Å²) in [7, 11) is 1.37. The number of primary amides is 1. The molecule has 142 valence electrons. The number of aromatic nitrogens is 2. The van der Waals surface area contributed by atoms with Crippen LogP contribution in [0.4, 0.5) is 13.2 Å². The highest BCUT2D eigenvalue weighted by molar-refractivity contribution is 6.56. The lowest BCUT2D eigenvalue weighted by atomic mass is 9.86. The number of aryl methyl sites for hydroxylation is 1. The molecule has 9 heteroatoms. The second kappa shape index (κ2) is 6.01. The third kappa shape index (κ3) is 2.59. The monoisotopic (exact) mass is 415 g/mol. The van der Waals surface area contributed by atoms with Crippen LogP contribution in [0.1, 0.15) is 51.9 Å². The first kappa shape index (κ1) is 18.4. The van der Waals surface area contributed by atoms with E-state index in [9.17, 15) is 18.0 Å². The van der Waals surface area contributed by atoms with Gasteiger partial charge in [0.2, 0.25) is 0 Å². The van der Waals surface area contributed by atoms with Crippen molar-refractivity contribution < 1.29 is 18.0 Å². The average molecular weight is 416 g/mol. The third-order valence-corrected chi connectivity index (χ3v) is 5.83. The van der Waals surface area contributed by atoms with Crippen LogP contribution in [-0.4, -0.2) is 15.7 Å². The Labute approximate surface area is 162 Å². The van der Waals surface area contributed by atoms with Gasteiger partial charge in [-0.3, -0.25) is 9.48 Å². The molecule has 0 saturated heterocycles. The number of carbonyl (C=O) groups is 1. The van der Waals surface area contributed by atoms with Crippen LogP contribution in [0.3, 0.4) is 0 Å². The minimum atomic E-state index is -4.79. The number of amides is 1. The van der Waals surface area contributed by atoms with Crippen molar-refractivity contribution in [1.29, 1.82) is 0 Å². The zero-order chi connectivity index (χ0) is 19.7. The normalized spacial score (nSPS) is 20.9. The fourth-order valence-electron chi connectivity index (χ4n) is 4.52. The second-order valence-electron chi connectivity index (χ2n) is 6.76. The third-order valence-electron chi connectivity index (χ3n) is 5.39. The standard InChI is InChI=1S/C18H14Cl2F3N3O/c1-26-14(13(17(24)27)15(25-26)18(21,22)23)10-4-2-3-7-8-5-6-9(11(7)10)12(8)16(19)20/h2-4,8-9H,5-6H2,1H3,(H2,24,27). The molecular formula is C18H14Cl2F3N3O. The van der Waals surface area contributed by atoms with E-state index in [1.807, 2.05) is 6.07 Å². The van der Waals surface area contributed by atoms with Crippen LogP contribution in [0.5, 0.6) is 0 Å². The molecule has 2 aliphatic rings. The molecule has 2 bridgehead atoms. The number of nitrogens with zero attached hydrogens (tertiary/aromatic N) is 2. The first-order chi connectivity index (χ1) is 12.6. The lowest BCUT2D eigenvalue weighted by Crippen LogP contribution is -2.18. The van der Waals surface area contributed by atoms with E-state index >= 15 is 0 Å². The summed E-state index contributed by atoms with van der Waals surface area (Å²) < 4.78 is 41.4. The van der Waals surface area contributed by atoms with Gasteiger partial charge in [-0.2, -0.15) is 18.3 Å². The van der Waals surface area contributed by atoms with Crippen molar-refractivity contribution in [3.05, 3.63) is 50.6 Å². The summed E-state index contributed by atoms with van der Waals surface area (Å²) in [6.07, 6.45) is -3.12. The van der Waals surface area contributed by atoms with E-state index in [-0.39, 0.29) is 22.0 Å². The predicted molar refractivity (Wildman–Crippen MR) is 95.6 cm³/mol. The Bertz CT molecular complexity index is 1010. The predicted octanol–water partition coefficient (Wildman–Crippen LogP) is 4.87. The molecule has 27 heavy (non-hydrogen) atoms. The van der Waals surface area contributed by atoms with Gasteiger partial charge in [-0.05, 0) is 29.5 Å². The van der Waals surface area contributed by atoms with E-state index in [4.69, 9.17) is 28.9 Å². The number of nitrogens with two attached hydrogens (primary N) is 1. The lowest BCUT2D eigenvalue weighted by Gasteiger charge is -2.19. The van der Waals surface area contributed by atoms with Crippen molar-refractivity contribution >= 4 is 29.1 Å². The van der Waals surface area contributed by atoms with Crippen LogP contribution in [0.25, 0.3) is 11.3 Å². The highest BCUT2D eigenvalue weighted by atomic mass is 35.5. The van der Waals surface area contributed by atoms with Crippen LogP contribution in [-0.2, 0) is 13.2 Å². The van der Waals surface area contributed by atoms with Crippen LogP contribution in [0.15, 0.2) is 28.3 Å². The number of rotatable bonds is 2. The van der Waals surface area contributed by atoms with Crippen molar-refractivity contribution in [2.45, 2.75) is 30.9 Å². The number of halogens is 5. The van der Waals surface area contributed by atoms with Gasteiger partial charge in [0.15, 0.2) is 5.69 Å². The van der Waals surface area contributed by atoms with E-state index in [1.165, 1.54) is 7.05 Å². The second-order valence-corrected chi connectivity index (χ2v) is 7.71. The van der Waals surface area contributed by atoms with Crippen molar-refractivity contribution in [1.82, 2.24) is 9.78 Å². The Morgan fingerprint density at radius 2 is 1.93 bits per heavy atom. The fraction of sp³-hybridized carbons (Fsp3) is 0.333. The number of hydrogen-bond donors (Lipinski definition) is 1. The Hall–Kier alpha value is -1.99. The first-order valence-corrected chi connectivity index (χ1v) is 9.00. The highest BCUT2D eigenvalue weighted by Crippen LogP contribution is 2.61. The maximum atomic E-state index is 13.4. The molecule has 4 rings (SSSR count). The number of carbonyl (C=O) groups excluding carboxylic acids is 1. The Kier molecular flexibility index (Phi) is 4.09. The van der Waals surface area contributed by atoms with Gasteiger partial charge in [0.1, 0.15) is 4.49 Å².